The number of aromatic nitrogens is 1. The second kappa shape index (κ2) is 7.31. The maximum Gasteiger partial charge on any atom is 0.0730 e. The smallest absolute Gasteiger partial charge is 0.0730 e. The first kappa shape index (κ1) is 18.4. The van der Waals surface area contributed by atoms with Gasteiger partial charge in [-0.25, -0.2) is 4.98 Å². The van der Waals surface area contributed by atoms with Crippen molar-refractivity contribution in [2.45, 2.75) is 13.8 Å². The van der Waals surface area contributed by atoms with E-state index in [0.717, 1.165) is 38.9 Å². The fraction of sp³-hybridized carbons (Fsp3) is 0.107. The fourth-order valence-corrected chi connectivity index (χ4v) is 4.00. The summed E-state index contributed by atoms with van der Waals surface area (Å²) >= 11 is 0. The molecule has 1 heterocycles. The lowest BCUT2D eigenvalue weighted by Gasteiger charge is -2.29. The lowest BCUT2D eigenvalue weighted by Crippen LogP contribution is -2.16. The Morgan fingerprint density at radius 3 is 1.97 bits per heavy atom. The van der Waals surface area contributed by atoms with Crippen LogP contribution in [-0.2, 0) is 0 Å². The van der Waals surface area contributed by atoms with E-state index in [1.807, 2.05) is 0 Å². The Hall–Kier alpha value is -3.65. The zero-order chi connectivity index (χ0) is 20.6. The van der Waals surface area contributed by atoms with Crippen molar-refractivity contribution < 1.29 is 0 Å². The van der Waals surface area contributed by atoms with E-state index in [9.17, 15) is 0 Å². The first-order valence-corrected chi connectivity index (χ1v) is 10.3. The first-order valence-electron chi connectivity index (χ1n) is 10.3. The molecule has 1 aliphatic carbocycles. The molecule has 4 aromatic rings. The molecule has 0 atom stereocenters. The van der Waals surface area contributed by atoms with E-state index in [4.69, 9.17) is 4.98 Å². The molecular weight excluding hydrogens is 364 g/mol. The van der Waals surface area contributed by atoms with E-state index in [1.54, 1.807) is 0 Å². The van der Waals surface area contributed by atoms with Gasteiger partial charge in [0.05, 0.1) is 16.7 Å². The van der Waals surface area contributed by atoms with Crippen LogP contribution in [0, 0.1) is 5.41 Å². The Morgan fingerprint density at radius 1 is 0.700 bits per heavy atom. The Labute approximate surface area is 177 Å². The van der Waals surface area contributed by atoms with Crippen LogP contribution in [-0.4, -0.2) is 4.98 Å². The summed E-state index contributed by atoms with van der Waals surface area (Å²) in [6, 6.07) is 27.4. The van der Waals surface area contributed by atoms with E-state index in [2.05, 4.69) is 128 Å². The van der Waals surface area contributed by atoms with Gasteiger partial charge >= 0.3 is 0 Å². The molecule has 2 nitrogen and oxygen atoms in total. The van der Waals surface area contributed by atoms with E-state index >= 15 is 0 Å². The summed E-state index contributed by atoms with van der Waals surface area (Å²) in [5, 5.41) is 2.28. The second-order valence-electron chi connectivity index (χ2n) is 8.27. The number of hydrogen-bond donors (Lipinski definition) is 0. The van der Waals surface area contributed by atoms with Gasteiger partial charge < -0.3 is 4.90 Å². The monoisotopic (exact) mass is 388 g/mol. The Kier molecular flexibility index (Phi) is 4.48. The maximum atomic E-state index is 4.92. The van der Waals surface area contributed by atoms with Gasteiger partial charge in [-0.05, 0) is 36.4 Å². The third-order valence-corrected chi connectivity index (χ3v) is 5.53. The fourth-order valence-electron chi connectivity index (χ4n) is 4.00. The van der Waals surface area contributed by atoms with Crippen LogP contribution >= 0.6 is 0 Å². The van der Waals surface area contributed by atoms with Crippen molar-refractivity contribution in [2.75, 3.05) is 4.90 Å². The summed E-state index contributed by atoms with van der Waals surface area (Å²) in [5.74, 6) is 0. The number of nitrogens with zero attached hydrogens (tertiary/aromatic N) is 2. The van der Waals surface area contributed by atoms with Gasteiger partial charge in [-0.1, -0.05) is 86.7 Å². The van der Waals surface area contributed by atoms with Crippen LogP contribution in [0.2, 0.25) is 0 Å². The predicted molar refractivity (Wildman–Crippen MR) is 128 cm³/mol. The second-order valence-corrected chi connectivity index (χ2v) is 8.27. The molecule has 0 saturated carbocycles. The van der Waals surface area contributed by atoms with Gasteiger partial charge in [-0.3, -0.25) is 0 Å². The summed E-state index contributed by atoms with van der Waals surface area (Å²) in [7, 11) is 0. The predicted octanol–water partition coefficient (Wildman–Crippen LogP) is 7.56. The Morgan fingerprint density at radius 2 is 1.30 bits per heavy atom. The molecule has 146 valence electrons. The number of rotatable bonds is 3. The molecule has 0 fully saturated rings. The highest BCUT2D eigenvalue weighted by Gasteiger charge is 2.21. The summed E-state index contributed by atoms with van der Waals surface area (Å²) in [5.41, 5.74) is 5.43. The molecule has 0 saturated heterocycles. The molecule has 0 bridgehead atoms. The van der Waals surface area contributed by atoms with Gasteiger partial charge in [-0.15, -0.1) is 0 Å². The van der Waals surface area contributed by atoms with E-state index in [-0.39, 0.29) is 5.41 Å². The van der Waals surface area contributed by atoms with Crippen molar-refractivity contribution in [3.05, 3.63) is 115 Å². The lowest BCUT2D eigenvalue weighted by molar-refractivity contribution is 0.627. The minimum atomic E-state index is 0.0169. The summed E-state index contributed by atoms with van der Waals surface area (Å²) in [6.45, 7) is 4.45. The highest BCUT2D eigenvalue weighted by Crippen LogP contribution is 2.41. The molecule has 1 aromatic heterocycles. The molecule has 1 aliphatic rings. The van der Waals surface area contributed by atoms with Gasteiger partial charge in [0.1, 0.15) is 0 Å². The molecule has 0 spiro atoms. The topological polar surface area (TPSA) is 16.1 Å². The quantitative estimate of drug-likeness (QED) is 0.337. The van der Waals surface area contributed by atoms with E-state index < -0.39 is 0 Å². The van der Waals surface area contributed by atoms with Gasteiger partial charge in [0.25, 0.3) is 0 Å². The van der Waals surface area contributed by atoms with Gasteiger partial charge in [0.2, 0.25) is 0 Å². The van der Waals surface area contributed by atoms with Crippen LogP contribution in [0.5, 0.6) is 0 Å². The number of benzene rings is 3. The lowest BCUT2D eigenvalue weighted by atomic mass is 9.93. The Balaban J connectivity index is 1.86. The first-order chi connectivity index (χ1) is 14.6. The van der Waals surface area contributed by atoms with Crippen molar-refractivity contribution in [3.63, 3.8) is 0 Å². The number of para-hydroxylation sites is 3. The van der Waals surface area contributed by atoms with Crippen LogP contribution < -0.4 is 4.90 Å². The van der Waals surface area contributed by atoms with Crippen LogP contribution in [0.1, 0.15) is 13.8 Å². The van der Waals surface area contributed by atoms with E-state index in [0.29, 0.717) is 0 Å². The number of allylic oxidation sites excluding steroid dienone is 5. The molecule has 2 heteroatoms. The minimum Gasteiger partial charge on any atom is -0.309 e. The molecule has 5 rings (SSSR count). The normalized spacial score (nSPS) is 15.2. The minimum absolute atomic E-state index is 0.0169. The number of hydrogen-bond acceptors (Lipinski definition) is 2. The molecule has 0 amide bonds. The van der Waals surface area contributed by atoms with Crippen LogP contribution in [0.25, 0.3) is 21.8 Å². The summed E-state index contributed by atoms with van der Waals surface area (Å²) in [4.78, 5) is 7.28. The van der Waals surface area contributed by atoms with Crippen molar-refractivity contribution in [1.29, 1.82) is 0 Å². The summed E-state index contributed by atoms with van der Waals surface area (Å²) < 4.78 is 0. The van der Waals surface area contributed by atoms with Crippen molar-refractivity contribution in [1.82, 2.24) is 4.98 Å². The van der Waals surface area contributed by atoms with Crippen molar-refractivity contribution >= 4 is 33.2 Å². The molecule has 0 aliphatic heterocycles. The van der Waals surface area contributed by atoms with Crippen LogP contribution in [0.15, 0.2) is 115 Å². The molecule has 0 radical (unpaired) electrons. The third kappa shape index (κ3) is 3.31. The highest BCUT2D eigenvalue weighted by atomic mass is 15.2. The third-order valence-electron chi connectivity index (χ3n) is 5.53. The van der Waals surface area contributed by atoms with Crippen molar-refractivity contribution in [3.8, 4) is 0 Å². The molecule has 3 aromatic carbocycles. The number of anilines is 2. The number of fused-ring (bicyclic) bond motifs is 2. The average Bonchev–Trinajstić information content (AvgIpc) is 2.95. The van der Waals surface area contributed by atoms with Crippen molar-refractivity contribution in [2.24, 2.45) is 5.41 Å². The maximum absolute atomic E-state index is 4.92. The zero-order valence-electron chi connectivity index (χ0n) is 17.3. The van der Waals surface area contributed by atoms with Gasteiger partial charge in [0.15, 0.2) is 0 Å². The standard InChI is InChI=1S/C28H24N2/c1-28(2)19-10-13-22(18-20-28)30(21-11-4-3-5-12-21)27-23-14-6-8-16-25(23)29-26-17-9-7-15-24(26)27/h3-20H,1-2H3. The average molecular weight is 389 g/mol. The molecule has 0 N–H and O–H groups in total. The SMILES string of the molecule is CC1(C)C=CC=C(N(c2ccccc2)c2c3ccccc3nc3ccccc23)C=C1. The molecule has 30 heavy (non-hydrogen) atoms. The largest absolute Gasteiger partial charge is 0.309 e. The molecular formula is C28H24N2. The Bertz CT molecular complexity index is 1260. The van der Waals surface area contributed by atoms with Gasteiger partial charge in [0, 0.05) is 27.6 Å². The summed E-state index contributed by atoms with van der Waals surface area (Å²) in [6.07, 6.45) is 11.1. The highest BCUT2D eigenvalue weighted by molar-refractivity contribution is 6.10. The van der Waals surface area contributed by atoms with E-state index in [1.165, 1.54) is 0 Å². The molecule has 0 unspecified atom stereocenters. The van der Waals surface area contributed by atoms with Gasteiger partial charge in [-0.2, -0.15) is 0 Å². The van der Waals surface area contributed by atoms with Crippen LogP contribution in [0.3, 0.4) is 0 Å². The van der Waals surface area contributed by atoms with Crippen LogP contribution in [0.4, 0.5) is 11.4 Å². The number of pyridine rings is 1. The zero-order valence-corrected chi connectivity index (χ0v) is 17.3.